The van der Waals surface area contributed by atoms with Crippen molar-refractivity contribution in [2.45, 2.75) is 60.0 Å². The fourth-order valence-electron chi connectivity index (χ4n) is 2.66. The molecule has 0 aliphatic carbocycles. The molecule has 0 aliphatic rings. The Morgan fingerprint density at radius 1 is 0.871 bits per heavy atom. The molecule has 3 N–H and O–H groups in total. The summed E-state index contributed by atoms with van der Waals surface area (Å²) >= 11 is 0. The van der Waals surface area contributed by atoms with Gasteiger partial charge in [-0.2, -0.15) is 5.48 Å². The number of amides is 2. The summed E-state index contributed by atoms with van der Waals surface area (Å²) in [6, 6.07) is 0. The second-order valence-electron chi connectivity index (χ2n) is 9.50. The van der Waals surface area contributed by atoms with Crippen LogP contribution in [0.15, 0.2) is 0 Å². The molecule has 0 bridgehead atoms. The van der Waals surface area contributed by atoms with E-state index in [-0.39, 0.29) is 28.7 Å². The molecule has 0 spiro atoms. The van der Waals surface area contributed by atoms with Crippen LogP contribution in [-0.2, 0) is 28.6 Å². The van der Waals surface area contributed by atoms with E-state index in [4.69, 9.17) is 19.0 Å². The van der Waals surface area contributed by atoms with Crippen molar-refractivity contribution in [3.05, 3.63) is 0 Å². The van der Waals surface area contributed by atoms with Crippen molar-refractivity contribution in [2.24, 2.45) is 10.8 Å². The topological polar surface area (TPSA) is 107 Å². The van der Waals surface area contributed by atoms with Crippen LogP contribution in [0, 0.1) is 10.8 Å². The van der Waals surface area contributed by atoms with Gasteiger partial charge in [0.2, 0.25) is 11.8 Å². The van der Waals surface area contributed by atoms with Gasteiger partial charge >= 0.3 is 0 Å². The quantitative estimate of drug-likeness (QED) is 0.204. The van der Waals surface area contributed by atoms with Crippen LogP contribution in [0.3, 0.4) is 0 Å². The lowest BCUT2D eigenvalue weighted by Gasteiger charge is -2.28. The van der Waals surface area contributed by atoms with Crippen molar-refractivity contribution < 1.29 is 28.6 Å². The largest absolute Gasteiger partial charge is 0.384 e. The summed E-state index contributed by atoms with van der Waals surface area (Å²) in [6.45, 7) is 14.0. The van der Waals surface area contributed by atoms with E-state index in [1.807, 2.05) is 6.92 Å². The van der Waals surface area contributed by atoms with Crippen molar-refractivity contribution in [3.8, 4) is 0 Å². The Bertz CT molecular complexity index is 500. The molecule has 0 saturated carbocycles. The number of rotatable bonds is 19. The third-order valence-electron chi connectivity index (χ3n) is 4.37. The van der Waals surface area contributed by atoms with Gasteiger partial charge in [0, 0.05) is 57.5 Å². The van der Waals surface area contributed by atoms with Crippen LogP contribution in [0.25, 0.3) is 0 Å². The van der Waals surface area contributed by atoms with E-state index in [1.54, 1.807) is 14.2 Å². The van der Waals surface area contributed by atoms with Gasteiger partial charge < -0.3 is 24.8 Å². The zero-order valence-corrected chi connectivity index (χ0v) is 20.6. The highest BCUT2D eigenvalue weighted by Crippen LogP contribution is 2.19. The van der Waals surface area contributed by atoms with E-state index in [9.17, 15) is 9.59 Å². The molecule has 0 heterocycles. The Balaban J connectivity index is 3.89. The highest BCUT2D eigenvalue weighted by atomic mass is 16.7. The zero-order chi connectivity index (χ0) is 23.8. The Hall–Kier alpha value is -1.26. The molecule has 0 radical (unpaired) electrons. The molecule has 0 aromatic carbocycles. The lowest BCUT2D eigenvalue weighted by Crippen LogP contribution is -2.38. The zero-order valence-electron chi connectivity index (χ0n) is 20.6. The highest BCUT2D eigenvalue weighted by molar-refractivity contribution is 5.78. The summed E-state index contributed by atoms with van der Waals surface area (Å²) in [5.74, 6) is -0.146. The van der Waals surface area contributed by atoms with Crippen molar-refractivity contribution in [1.29, 1.82) is 0 Å². The predicted molar refractivity (Wildman–Crippen MR) is 121 cm³/mol. The van der Waals surface area contributed by atoms with Crippen molar-refractivity contribution >= 4 is 11.8 Å². The maximum Gasteiger partial charge on any atom is 0.220 e. The molecule has 0 aromatic rings. The first-order valence-corrected chi connectivity index (χ1v) is 11.0. The minimum atomic E-state index is -0.177. The summed E-state index contributed by atoms with van der Waals surface area (Å²) < 4.78 is 15.9. The molecule has 1 atom stereocenters. The van der Waals surface area contributed by atoms with E-state index in [1.165, 1.54) is 0 Å². The Labute approximate surface area is 188 Å². The molecule has 184 valence electrons. The Morgan fingerprint density at radius 2 is 1.48 bits per heavy atom. The van der Waals surface area contributed by atoms with Crippen LogP contribution in [0.2, 0.25) is 0 Å². The van der Waals surface area contributed by atoms with E-state index >= 15 is 0 Å². The first-order valence-electron chi connectivity index (χ1n) is 11.0. The normalized spacial score (nSPS) is 13.1. The van der Waals surface area contributed by atoms with Gasteiger partial charge in [0.05, 0.1) is 32.5 Å². The molecule has 0 aromatic heterocycles. The molecule has 9 nitrogen and oxygen atoms in total. The number of ether oxygens (including phenoxy) is 3. The van der Waals surface area contributed by atoms with Crippen LogP contribution in [0.1, 0.15) is 53.9 Å². The molecule has 0 aliphatic heterocycles. The minimum Gasteiger partial charge on any atom is -0.384 e. The fourth-order valence-corrected chi connectivity index (χ4v) is 2.66. The van der Waals surface area contributed by atoms with Crippen LogP contribution in [-0.4, -0.2) is 78.2 Å². The number of hydrogen-bond donors (Lipinski definition) is 3. The molecule has 2 amide bonds. The maximum atomic E-state index is 12.1. The summed E-state index contributed by atoms with van der Waals surface area (Å²) in [7, 11) is 3.30. The van der Waals surface area contributed by atoms with E-state index in [0.29, 0.717) is 65.3 Å². The van der Waals surface area contributed by atoms with Gasteiger partial charge in [0.25, 0.3) is 0 Å². The lowest BCUT2D eigenvalue weighted by atomic mass is 9.93. The molecule has 0 fully saturated rings. The smallest absolute Gasteiger partial charge is 0.220 e. The van der Waals surface area contributed by atoms with Crippen molar-refractivity contribution in [2.75, 3.05) is 60.3 Å². The SMILES string of the molecule is COCCNOC(C)CNC(=O)CCCC(=O)NCC(C)(C)COCC(C)(C)COC. The lowest BCUT2D eigenvalue weighted by molar-refractivity contribution is -0.123. The maximum absolute atomic E-state index is 12.1. The van der Waals surface area contributed by atoms with Gasteiger partial charge in [0.15, 0.2) is 0 Å². The van der Waals surface area contributed by atoms with Crippen molar-refractivity contribution in [1.82, 2.24) is 16.1 Å². The number of methoxy groups -OCH3 is 2. The second-order valence-corrected chi connectivity index (χ2v) is 9.50. The van der Waals surface area contributed by atoms with E-state index in [2.05, 4.69) is 43.8 Å². The number of hydrogen-bond acceptors (Lipinski definition) is 7. The molecule has 0 rings (SSSR count). The van der Waals surface area contributed by atoms with Crippen LogP contribution < -0.4 is 16.1 Å². The fraction of sp³-hybridized carbons (Fsp3) is 0.909. The van der Waals surface area contributed by atoms with Gasteiger partial charge in [-0.25, -0.2) is 0 Å². The van der Waals surface area contributed by atoms with Gasteiger partial charge in [0.1, 0.15) is 0 Å². The predicted octanol–water partition coefficient (Wildman–Crippen LogP) is 1.66. The molecule has 31 heavy (non-hydrogen) atoms. The number of carbonyl (C=O) groups excluding carboxylic acids is 2. The Kier molecular flexibility index (Phi) is 15.7. The summed E-state index contributed by atoms with van der Waals surface area (Å²) in [4.78, 5) is 29.3. The molecule has 9 heteroatoms. The molecule has 1 unspecified atom stereocenters. The van der Waals surface area contributed by atoms with E-state index in [0.717, 1.165) is 0 Å². The van der Waals surface area contributed by atoms with Gasteiger partial charge in [-0.1, -0.05) is 27.7 Å². The summed E-state index contributed by atoms with van der Waals surface area (Å²) in [5, 5.41) is 5.74. The van der Waals surface area contributed by atoms with Crippen LogP contribution >= 0.6 is 0 Å². The summed E-state index contributed by atoms with van der Waals surface area (Å²) in [5.41, 5.74) is 2.56. The average Bonchev–Trinajstić information content (AvgIpc) is 2.68. The standard InChI is InChI=1S/C22H45N3O6/c1-18(31-25-11-12-28-6)13-23-19(26)9-8-10-20(27)24-14-21(2,3)16-30-17-22(4,5)15-29-7/h18,25H,8-17H2,1-7H3,(H,23,26)(H,24,27). The Morgan fingerprint density at radius 3 is 2.10 bits per heavy atom. The monoisotopic (exact) mass is 447 g/mol. The third-order valence-corrected chi connectivity index (χ3v) is 4.37. The molecular formula is C22H45N3O6. The van der Waals surface area contributed by atoms with Crippen LogP contribution in [0.4, 0.5) is 0 Å². The highest BCUT2D eigenvalue weighted by Gasteiger charge is 2.23. The summed E-state index contributed by atoms with van der Waals surface area (Å²) in [6.07, 6.45) is 0.962. The first kappa shape index (κ1) is 29.7. The minimum absolute atomic E-state index is 0.0426. The van der Waals surface area contributed by atoms with Gasteiger partial charge in [-0.05, 0) is 13.3 Å². The molecule has 0 saturated heterocycles. The second kappa shape index (κ2) is 16.4. The number of carbonyl (C=O) groups is 2. The first-order chi connectivity index (χ1) is 14.5. The van der Waals surface area contributed by atoms with Gasteiger partial charge in [-0.15, -0.1) is 0 Å². The number of hydroxylamine groups is 1. The van der Waals surface area contributed by atoms with Crippen LogP contribution in [0.5, 0.6) is 0 Å². The van der Waals surface area contributed by atoms with Gasteiger partial charge in [-0.3, -0.25) is 14.4 Å². The third kappa shape index (κ3) is 18.1. The number of nitrogens with one attached hydrogen (secondary N) is 3. The average molecular weight is 448 g/mol. The van der Waals surface area contributed by atoms with E-state index < -0.39 is 0 Å². The van der Waals surface area contributed by atoms with Crippen molar-refractivity contribution in [3.63, 3.8) is 0 Å². The molecular weight excluding hydrogens is 402 g/mol.